The summed E-state index contributed by atoms with van der Waals surface area (Å²) in [7, 11) is 3.18. The van der Waals surface area contributed by atoms with Gasteiger partial charge in [-0.1, -0.05) is 30.3 Å². The number of aryl methyl sites for hydroxylation is 1. The number of methoxy groups -OCH3 is 2. The molecule has 0 aliphatic carbocycles. The normalized spacial score (nSPS) is 10.0. The summed E-state index contributed by atoms with van der Waals surface area (Å²) in [5.41, 5.74) is 3.20. The van der Waals surface area contributed by atoms with Crippen LogP contribution in [0.5, 0.6) is 11.5 Å². The second-order valence-corrected chi connectivity index (χ2v) is 5.15. The summed E-state index contributed by atoms with van der Waals surface area (Å²) < 4.78 is 10.4. The first kappa shape index (κ1) is 16.7. The SMILES string of the molecule is COc1ccc(CNC(=O)NCc2ccccc2C)cc1OC. The van der Waals surface area contributed by atoms with Gasteiger partial charge in [-0.25, -0.2) is 4.79 Å². The zero-order valence-electron chi connectivity index (χ0n) is 13.7. The van der Waals surface area contributed by atoms with Gasteiger partial charge in [0.15, 0.2) is 11.5 Å². The van der Waals surface area contributed by atoms with Crippen molar-refractivity contribution in [3.05, 3.63) is 59.2 Å². The quantitative estimate of drug-likeness (QED) is 0.861. The number of benzene rings is 2. The molecule has 122 valence electrons. The Bertz CT molecular complexity index is 671. The minimum absolute atomic E-state index is 0.206. The van der Waals surface area contributed by atoms with Crippen molar-refractivity contribution in [3.63, 3.8) is 0 Å². The van der Waals surface area contributed by atoms with Crippen molar-refractivity contribution in [1.82, 2.24) is 10.6 Å². The number of rotatable bonds is 6. The summed E-state index contributed by atoms with van der Waals surface area (Å²) in [5, 5.41) is 5.69. The van der Waals surface area contributed by atoms with Crippen molar-refractivity contribution in [2.24, 2.45) is 0 Å². The highest BCUT2D eigenvalue weighted by Crippen LogP contribution is 2.27. The number of nitrogens with one attached hydrogen (secondary N) is 2. The van der Waals surface area contributed by atoms with E-state index in [0.717, 1.165) is 16.7 Å². The minimum Gasteiger partial charge on any atom is -0.493 e. The third-order valence-electron chi connectivity index (χ3n) is 3.60. The van der Waals surface area contributed by atoms with Gasteiger partial charge in [0, 0.05) is 13.1 Å². The lowest BCUT2D eigenvalue weighted by molar-refractivity contribution is 0.240. The summed E-state index contributed by atoms with van der Waals surface area (Å²) in [4.78, 5) is 11.9. The van der Waals surface area contributed by atoms with Gasteiger partial charge in [-0.15, -0.1) is 0 Å². The monoisotopic (exact) mass is 314 g/mol. The van der Waals surface area contributed by atoms with Gasteiger partial charge in [0.05, 0.1) is 14.2 Å². The number of carbonyl (C=O) groups is 1. The zero-order chi connectivity index (χ0) is 16.7. The average molecular weight is 314 g/mol. The highest BCUT2D eigenvalue weighted by molar-refractivity contribution is 5.73. The molecule has 2 rings (SSSR count). The van der Waals surface area contributed by atoms with E-state index >= 15 is 0 Å². The third-order valence-corrected chi connectivity index (χ3v) is 3.60. The number of hydrogen-bond acceptors (Lipinski definition) is 3. The molecule has 2 amide bonds. The first-order chi connectivity index (χ1) is 11.1. The molecule has 0 radical (unpaired) electrons. The van der Waals surface area contributed by atoms with Crippen molar-refractivity contribution in [2.45, 2.75) is 20.0 Å². The van der Waals surface area contributed by atoms with E-state index in [1.807, 2.05) is 49.4 Å². The van der Waals surface area contributed by atoms with Crippen LogP contribution in [-0.4, -0.2) is 20.3 Å². The number of ether oxygens (including phenoxy) is 2. The first-order valence-corrected chi connectivity index (χ1v) is 7.41. The molecule has 2 N–H and O–H groups in total. The lowest BCUT2D eigenvalue weighted by Crippen LogP contribution is -2.34. The average Bonchev–Trinajstić information content (AvgIpc) is 2.58. The Labute approximate surface area is 136 Å². The van der Waals surface area contributed by atoms with E-state index < -0.39 is 0 Å². The molecule has 5 heteroatoms. The van der Waals surface area contributed by atoms with Gasteiger partial charge in [0.2, 0.25) is 0 Å². The second kappa shape index (κ2) is 8.08. The molecule has 2 aromatic carbocycles. The van der Waals surface area contributed by atoms with Crippen LogP contribution in [0.1, 0.15) is 16.7 Å². The fraction of sp³-hybridized carbons (Fsp3) is 0.278. The summed E-state index contributed by atoms with van der Waals surface area (Å²) in [6.07, 6.45) is 0. The van der Waals surface area contributed by atoms with E-state index in [4.69, 9.17) is 9.47 Å². The number of hydrogen-bond donors (Lipinski definition) is 2. The minimum atomic E-state index is -0.206. The van der Waals surface area contributed by atoms with Crippen molar-refractivity contribution in [1.29, 1.82) is 0 Å². The van der Waals surface area contributed by atoms with E-state index in [-0.39, 0.29) is 6.03 Å². The van der Waals surface area contributed by atoms with E-state index in [9.17, 15) is 4.79 Å². The number of carbonyl (C=O) groups excluding carboxylic acids is 1. The molecule has 0 fully saturated rings. The van der Waals surface area contributed by atoms with E-state index in [1.54, 1.807) is 14.2 Å². The molecule has 23 heavy (non-hydrogen) atoms. The van der Waals surface area contributed by atoms with E-state index in [1.165, 1.54) is 0 Å². The molecular weight excluding hydrogens is 292 g/mol. The van der Waals surface area contributed by atoms with Crippen molar-refractivity contribution >= 4 is 6.03 Å². The molecule has 0 aliphatic rings. The highest BCUT2D eigenvalue weighted by Gasteiger charge is 2.06. The van der Waals surface area contributed by atoms with Crippen LogP contribution < -0.4 is 20.1 Å². The number of urea groups is 1. The predicted octanol–water partition coefficient (Wildman–Crippen LogP) is 3.01. The standard InChI is InChI=1S/C18H22N2O3/c1-13-6-4-5-7-15(13)12-20-18(21)19-11-14-8-9-16(22-2)17(10-14)23-3/h4-10H,11-12H2,1-3H3,(H2,19,20,21). The van der Waals surface area contributed by atoms with Crippen LogP contribution in [0.4, 0.5) is 4.79 Å². The van der Waals surface area contributed by atoms with Crippen molar-refractivity contribution < 1.29 is 14.3 Å². The highest BCUT2D eigenvalue weighted by atomic mass is 16.5. The Morgan fingerprint density at radius 2 is 1.65 bits per heavy atom. The lowest BCUT2D eigenvalue weighted by atomic mass is 10.1. The Kier molecular flexibility index (Phi) is 5.86. The fourth-order valence-electron chi connectivity index (χ4n) is 2.22. The van der Waals surface area contributed by atoms with Crippen LogP contribution >= 0.6 is 0 Å². The van der Waals surface area contributed by atoms with E-state index in [2.05, 4.69) is 10.6 Å². The third kappa shape index (κ3) is 4.64. The summed E-state index contributed by atoms with van der Waals surface area (Å²) in [6, 6.07) is 13.3. The molecule has 0 spiro atoms. The van der Waals surface area contributed by atoms with Crippen molar-refractivity contribution in [2.75, 3.05) is 14.2 Å². The van der Waals surface area contributed by atoms with Crippen LogP contribution in [0.3, 0.4) is 0 Å². The molecule has 0 atom stereocenters. The Hall–Kier alpha value is -2.69. The van der Waals surface area contributed by atoms with Gasteiger partial charge in [-0.05, 0) is 35.7 Å². The lowest BCUT2D eigenvalue weighted by Gasteiger charge is -2.11. The maximum Gasteiger partial charge on any atom is 0.315 e. The summed E-state index contributed by atoms with van der Waals surface area (Å²) in [6.45, 7) is 2.95. The molecule has 5 nitrogen and oxygen atoms in total. The van der Waals surface area contributed by atoms with Crippen LogP contribution in [0.2, 0.25) is 0 Å². The first-order valence-electron chi connectivity index (χ1n) is 7.41. The number of amides is 2. The maximum atomic E-state index is 11.9. The predicted molar refractivity (Wildman–Crippen MR) is 89.8 cm³/mol. The van der Waals surface area contributed by atoms with Crippen LogP contribution in [0.25, 0.3) is 0 Å². The molecular formula is C18H22N2O3. The van der Waals surface area contributed by atoms with Gasteiger partial charge in [-0.2, -0.15) is 0 Å². The zero-order valence-corrected chi connectivity index (χ0v) is 13.7. The Morgan fingerprint density at radius 1 is 0.957 bits per heavy atom. The Morgan fingerprint density at radius 3 is 2.35 bits per heavy atom. The van der Waals surface area contributed by atoms with Crippen molar-refractivity contribution in [3.8, 4) is 11.5 Å². The van der Waals surface area contributed by atoms with Gasteiger partial charge < -0.3 is 20.1 Å². The maximum absolute atomic E-state index is 11.9. The molecule has 0 bridgehead atoms. The van der Waals surface area contributed by atoms with Gasteiger partial charge >= 0.3 is 6.03 Å². The molecule has 0 aromatic heterocycles. The molecule has 0 unspecified atom stereocenters. The van der Waals surface area contributed by atoms with Gasteiger partial charge in [0.25, 0.3) is 0 Å². The smallest absolute Gasteiger partial charge is 0.315 e. The summed E-state index contributed by atoms with van der Waals surface area (Å²) >= 11 is 0. The summed E-state index contributed by atoms with van der Waals surface area (Å²) in [5.74, 6) is 1.31. The molecule has 2 aromatic rings. The topological polar surface area (TPSA) is 59.6 Å². The van der Waals surface area contributed by atoms with Crippen LogP contribution in [0.15, 0.2) is 42.5 Å². The van der Waals surface area contributed by atoms with Gasteiger partial charge in [0.1, 0.15) is 0 Å². The fourth-order valence-corrected chi connectivity index (χ4v) is 2.22. The molecule has 0 saturated heterocycles. The molecule has 0 saturated carbocycles. The largest absolute Gasteiger partial charge is 0.493 e. The Balaban J connectivity index is 1.86. The second-order valence-electron chi connectivity index (χ2n) is 5.15. The molecule has 0 heterocycles. The van der Waals surface area contributed by atoms with E-state index in [0.29, 0.717) is 24.6 Å². The van der Waals surface area contributed by atoms with Crippen LogP contribution in [0, 0.1) is 6.92 Å². The van der Waals surface area contributed by atoms with Gasteiger partial charge in [-0.3, -0.25) is 0 Å². The molecule has 0 aliphatic heterocycles. The van der Waals surface area contributed by atoms with Crippen LogP contribution in [-0.2, 0) is 13.1 Å².